The first-order valence-electron chi connectivity index (χ1n) is 11.5. The van der Waals surface area contributed by atoms with Crippen molar-refractivity contribution in [2.75, 3.05) is 37.5 Å². The van der Waals surface area contributed by atoms with E-state index in [4.69, 9.17) is 29.0 Å². The molecule has 1 unspecified atom stereocenters. The SMILES string of the molecule is COc1ccc(Nc2nc(N3CCC(C(=O)c4ccc(C(=O)O)o4)C3)nc3c2CCC3)cc1OC. The molecule has 5 rings (SSSR count). The summed E-state index contributed by atoms with van der Waals surface area (Å²) in [6, 6.07) is 8.33. The van der Waals surface area contributed by atoms with Gasteiger partial charge in [0, 0.05) is 36.3 Å². The zero-order chi connectivity index (χ0) is 24.5. The van der Waals surface area contributed by atoms with Crippen LogP contribution in [0.15, 0.2) is 34.7 Å². The molecule has 1 atom stereocenters. The fourth-order valence-corrected chi connectivity index (χ4v) is 4.66. The Morgan fingerprint density at radius 1 is 1.09 bits per heavy atom. The van der Waals surface area contributed by atoms with Gasteiger partial charge in [-0.25, -0.2) is 9.78 Å². The normalized spacial score (nSPS) is 16.7. The number of aromatic carboxylic acids is 1. The van der Waals surface area contributed by atoms with Crippen molar-refractivity contribution < 1.29 is 28.6 Å². The number of carboxylic acids is 1. The molecule has 0 amide bonds. The average molecular weight is 479 g/mol. The number of anilines is 3. The van der Waals surface area contributed by atoms with Crippen molar-refractivity contribution in [3.63, 3.8) is 0 Å². The second kappa shape index (κ2) is 9.28. The number of ketones is 1. The molecule has 2 aliphatic rings. The van der Waals surface area contributed by atoms with Crippen LogP contribution >= 0.6 is 0 Å². The van der Waals surface area contributed by atoms with Gasteiger partial charge in [-0.2, -0.15) is 4.98 Å². The van der Waals surface area contributed by atoms with E-state index in [1.807, 2.05) is 23.1 Å². The van der Waals surface area contributed by atoms with Crippen molar-refractivity contribution in [2.24, 2.45) is 5.92 Å². The Hall–Kier alpha value is -4.08. The van der Waals surface area contributed by atoms with Crippen LogP contribution < -0.4 is 19.7 Å². The summed E-state index contributed by atoms with van der Waals surface area (Å²) in [4.78, 5) is 35.6. The lowest BCUT2D eigenvalue weighted by Crippen LogP contribution is -2.25. The van der Waals surface area contributed by atoms with Gasteiger partial charge < -0.3 is 29.2 Å². The molecular weight excluding hydrogens is 452 g/mol. The highest BCUT2D eigenvalue weighted by Gasteiger charge is 2.33. The van der Waals surface area contributed by atoms with Gasteiger partial charge in [0.25, 0.3) is 0 Å². The van der Waals surface area contributed by atoms with Crippen molar-refractivity contribution >= 4 is 29.2 Å². The number of methoxy groups -OCH3 is 2. The highest BCUT2D eigenvalue weighted by atomic mass is 16.5. The largest absolute Gasteiger partial charge is 0.493 e. The summed E-state index contributed by atoms with van der Waals surface area (Å²) in [7, 11) is 3.19. The Morgan fingerprint density at radius 3 is 2.63 bits per heavy atom. The maximum atomic E-state index is 12.9. The minimum Gasteiger partial charge on any atom is -0.493 e. The van der Waals surface area contributed by atoms with E-state index >= 15 is 0 Å². The molecule has 3 heterocycles. The second-order valence-electron chi connectivity index (χ2n) is 8.61. The summed E-state index contributed by atoms with van der Waals surface area (Å²) in [5.41, 5.74) is 2.94. The van der Waals surface area contributed by atoms with E-state index in [0.717, 1.165) is 42.0 Å². The molecule has 1 aliphatic heterocycles. The maximum absolute atomic E-state index is 12.9. The van der Waals surface area contributed by atoms with Gasteiger partial charge in [-0.3, -0.25) is 4.79 Å². The summed E-state index contributed by atoms with van der Waals surface area (Å²) in [5.74, 6) is 0.705. The first kappa shape index (κ1) is 22.7. The van der Waals surface area contributed by atoms with Gasteiger partial charge in [0.1, 0.15) is 5.82 Å². The van der Waals surface area contributed by atoms with Crippen LogP contribution in [0, 0.1) is 5.92 Å². The number of nitrogens with zero attached hydrogens (tertiary/aromatic N) is 3. The predicted molar refractivity (Wildman–Crippen MR) is 127 cm³/mol. The quantitative estimate of drug-likeness (QED) is 0.462. The molecule has 0 bridgehead atoms. The van der Waals surface area contributed by atoms with Gasteiger partial charge in [-0.1, -0.05) is 0 Å². The number of aromatic nitrogens is 2. The highest BCUT2D eigenvalue weighted by Crippen LogP contribution is 2.35. The number of furan rings is 1. The van der Waals surface area contributed by atoms with E-state index in [0.29, 0.717) is 37.0 Å². The van der Waals surface area contributed by atoms with Crippen LogP contribution in [0.5, 0.6) is 11.5 Å². The number of Topliss-reactive ketones (excluding diaryl/α,β-unsaturated/α-hetero) is 1. The number of nitrogens with one attached hydrogen (secondary N) is 1. The average Bonchev–Trinajstić information content (AvgIpc) is 3.64. The topological polar surface area (TPSA) is 127 Å². The van der Waals surface area contributed by atoms with E-state index in [1.54, 1.807) is 14.2 Å². The number of fused-ring (bicyclic) bond motifs is 1. The van der Waals surface area contributed by atoms with Crippen molar-refractivity contribution in [1.82, 2.24) is 9.97 Å². The predicted octanol–water partition coefficient (Wildman–Crippen LogP) is 3.73. The Bertz CT molecular complexity index is 1290. The Morgan fingerprint density at radius 2 is 1.89 bits per heavy atom. The van der Waals surface area contributed by atoms with Crippen LogP contribution in [-0.2, 0) is 12.8 Å². The number of aryl methyl sites for hydroxylation is 1. The number of rotatable bonds is 8. The standard InChI is InChI=1S/C25H26N4O6/c1-33-18-7-6-15(12-21(18)34-2)26-23-16-4-3-5-17(16)27-25(28-23)29-11-10-14(13-29)22(30)19-8-9-20(35-19)24(31)32/h6-9,12,14H,3-5,10-11,13H2,1-2H3,(H,31,32)(H,26,27,28). The zero-order valence-electron chi connectivity index (χ0n) is 19.5. The Balaban J connectivity index is 1.37. The summed E-state index contributed by atoms with van der Waals surface area (Å²) >= 11 is 0. The molecule has 1 saturated heterocycles. The molecule has 1 aliphatic carbocycles. The number of hydrogen-bond donors (Lipinski definition) is 2. The minimum absolute atomic E-state index is 0.0694. The molecule has 0 saturated carbocycles. The van der Waals surface area contributed by atoms with Crippen LogP contribution in [0.3, 0.4) is 0 Å². The number of carbonyl (C=O) groups excluding carboxylic acids is 1. The lowest BCUT2D eigenvalue weighted by atomic mass is 10.0. The molecule has 10 nitrogen and oxygen atoms in total. The third kappa shape index (κ3) is 4.39. The van der Waals surface area contributed by atoms with Crippen LogP contribution in [0.25, 0.3) is 0 Å². The van der Waals surface area contributed by atoms with Gasteiger partial charge in [-0.05, 0) is 49.9 Å². The van der Waals surface area contributed by atoms with Crippen molar-refractivity contribution in [3.8, 4) is 11.5 Å². The molecule has 10 heteroatoms. The first-order chi connectivity index (χ1) is 17.0. The molecule has 2 N–H and O–H groups in total. The van der Waals surface area contributed by atoms with Crippen molar-refractivity contribution in [2.45, 2.75) is 25.7 Å². The molecule has 3 aromatic rings. The van der Waals surface area contributed by atoms with Gasteiger partial charge in [0.05, 0.1) is 19.9 Å². The smallest absolute Gasteiger partial charge is 0.371 e. The molecule has 0 spiro atoms. The van der Waals surface area contributed by atoms with E-state index in [2.05, 4.69) is 5.32 Å². The Kier molecular flexibility index (Phi) is 6.02. The van der Waals surface area contributed by atoms with Crippen LogP contribution in [-0.4, -0.2) is 54.1 Å². The van der Waals surface area contributed by atoms with E-state index in [9.17, 15) is 9.59 Å². The van der Waals surface area contributed by atoms with Crippen LogP contribution in [0.2, 0.25) is 0 Å². The molecule has 1 fully saturated rings. The second-order valence-corrected chi connectivity index (χ2v) is 8.61. The van der Waals surface area contributed by atoms with E-state index in [1.165, 1.54) is 12.1 Å². The van der Waals surface area contributed by atoms with Crippen LogP contribution in [0.4, 0.5) is 17.5 Å². The molecule has 2 aromatic heterocycles. The lowest BCUT2D eigenvalue weighted by molar-refractivity contribution is 0.0659. The lowest BCUT2D eigenvalue weighted by Gasteiger charge is -2.19. The monoisotopic (exact) mass is 478 g/mol. The summed E-state index contributed by atoms with van der Waals surface area (Å²) in [6.45, 7) is 1.06. The third-order valence-electron chi connectivity index (χ3n) is 6.47. The van der Waals surface area contributed by atoms with Crippen LogP contribution in [0.1, 0.15) is 45.2 Å². The zero-order valence-corrected chi connectivity index (χ0v) is 19.5. The van der Waals surface area contributed by atoms with Gasteiger partial charge in [0.2, 0.25) is 17.5 Å². The van der Waals surface area contributed by atoms with E-state index in [-0.39, 0.29) is 23.2 Å². The molecule has 1 aromatic carbocycles. The fourth-order valence-electron chi connectivity index (χ4n) is 4.66. The van der Waals surface area contributed by atoms with Crippen molar-refractivity contribution in [3.05, 3.63) is 53.1 Å². The number of carbonyl (C=O) groups is 2. The van der Waals surface area contributed by atoms with E-state index < -0.39 is 5.97 Å². The summed E-state index contributed by atoms with van der Waals surface area (Å²) in [5, 5.41) is 12.5. The minimum atomic E-state index is -1.20. The number of hydrogen-bond acceptors (Lipinski definition) is 9. The number of carboxylic acid groups (broad SMARTS) is 1. The fraction of sp³-hybridized carbons (Fsp3) is 0.360. The molecule has 182 valence electrons. The Labute approximate surface area is 201 Å². The molecule has 35 heavy (non-hydrogen) atoms. The third-order valence-corrected chi connectivity index (χ3v) is 6.47. The van der Waals surface area contributed by atoms with Gasteiger partial charge in [0.15, 0.2) is 17.3 Å². The summed E-state index contributed by atoms with van der Waals surface area (Å²) < 4.78 is 16.0. The molecule has 0 radical (unpaired) electrons. The number of ether oxygens (including phenoxy) is 2. The first-order valence-corrected chi connectivity index (χ1v) is 11.5. The highest BCUT2D eigenvalue weighted by molar-refractivity contribution is 5.97. The molecular formula is C25H26N4O6. The van der Waals surface area contributed by atoms with Gasteiger partial charge >= 0.3 is 5.97 Å². The van der Waals surface area contributed by atoms with Crippen molar-refractivity contribution in [1.29, 1.82) is 0 Å². The van der Waals surface area contributed by atoms with Gasteiger partial charge in [-0.15, -0.1) is 0 Å². The number of benzene rings is 1. The maximum Gasteiger partial charge on any atom is 0.371 e. The summed E-state index contributed by atoms with van der Waals surface area (Å²) in [6.07, 6.45) is 3.41.